The molecule has 0 N–H and O–H groups in total. The van der Waals surface area contributed by atoms with Crippen LogP contribution in [0.2, 0.25) is 0 Å². The van der Waals surface area contributed by atoms with Crippen LogP contribution in [0.15, 0.2) is 0 Å². The lowest BCUT2D eigenvalue weighted by molar-refractivity contribution is -0.156. The first-order valence-corrected chi connectivity index (χ1v) is 9.03. The Morgan fingerprint density at radius 3 is 2.57 bits per heavy atom. The van der Waals surface area contributed by atoms with E-state index in [1.54, 1.807) is 0 Å². The molecule has 4 aliphatic rings. The number of Topliss-reactive ketones (excluding diaryl/α,β-unsaturated/α-hetero) is 2. The molecule has 4 fully saturated rings. The summed E-state index contributed by atoms with van der Waals surface area (Å²) in [6.07, 6.45) is 9.86. The van der Waals surface area contributed by atoms with Crippen molar-refractivity contribution in [3.8, 4) is 0 Å². The van der Waals surface area contributed by atoms with Crippen LogP contribution in [0.5, 0.6) is 0 Å². The van der Waals surface area contributed by atoms with Crippen molar-refractivity contribution in [2.45, 2.75) is 71.6 Å². The fraction of sp³-hybridized carbons (Fsp3) is 0.895. The van der Waals surface area contributed by atoms with E-state index in [-0.39, 0.29) is 11.3 Å². The Morgan fingerprint density at radius 2 is 1.76 bits per heavy atom. The van der Waals surface area contributed by atoms with Gasteiger partial charge in [-0.05, 0) is 55.3 Å². The molecule has 0 aromatic rings. The first kappa shape index (κ1) is 14.0. The quantitative estimate of drug-likeness (QED) is 0.670. The van der Waals surface area contributed by atoms with Crippen molar-refractivity contribution in [3.63, 3.8) is 0 Å². The van der Waals surface area contributed by atoms with Crippen LogP contribution in [0.4, 0.5) is 0 Å². The van der Waals surface area contributed by atoms with Gasteiger partial charge in [-0.1, -0.05) is 26.7 Å². The maximum absolute atomic E-state index is 12.9. The summed E-state index contributed by atoms with van der Waals surface area (Å²) >= 11 is 0. The fourth-order valence-corrected chi connectivity index (χ4v) is 6.74. The molecule has 21 heavy (non-hydrogen) atoms. The van der Waals surface area contributed by atoms with E-state index in [1.165, 1.54) is 25.7 Å². The standard InChI is InChI=1S/C19H28O2/c1-18-9-4-3-5-12(18)11-15(20)17-13-6-7-16(21)19(13,2)10-8-14(17)18/h12-14,17H,3-11H2,1-2H3/t12-,13+,14-,17-,18+,19+/m1/s1. The van der Waals surface area contributed by atoms with Crippen molar-refractivity contribution in [1.29, 1.82) is 0 Å². The highest BCUT2D eigenvalue weighted by molar-refractivity contribution is 5.90. The summed E-state index contributed by atoms with van der Waals surface area (Å²) in [5.74, 6) is 2.70. The van der Waals surface area contributed by atoms with Crippen LogP contribution in [0.3, 0.4) is 0 Å². The third-order valence-electron chi connectivity index (χ3n) is 8.10. The third kappa shape index (κ3) is 1.71. The molecular formula is C19H28O2. The van der Waals surface area contributed by atoms with E-state index >= 15 is 0 Å². The molecule has 4 rings (SSSR count). The smallest absolute Gasteiger partial charge is 0.139 e. The first-order chi connectivity index (χ1) is 9.97. The van der Waals surface area contributed by atoms with Gasteiger partial charge in [-0.15, -0.1) is 0 Å². The monoisotopic (exact) mass is 288 g/mol. The lowest BCUT2D eigenvalue weighted by Gasteiger charge is -2.58. The summed E-state index contributed by atoms with van der Waals surface area (Å²) in [5, 5.41) is 0. The predicted molar refractivity (Wildman–Crippen MR) is 81.7 cm³/mol. The van der Waals surface area contributed by atoms with Gasteiger partial charge in [0.05, 0.1) is 0 Å². The van der Waals surface area contributed by atoms with Crippen molar-refractivity contribution in [2.75, 3.05) is 0 Å². The highest BCUT2D eigenvalue weighted by Crippen LogP contribution is 2.64. The van der Waals surface area contributed by atoms with E-state index in [9.17, 15) is 9.59 Å². The van der Waals surface area contributed by atoms with Crippen LogP contribution < -0.4 is 0 Å². The second kappa shape index (κ2) is 4.43. The molecule has 0 aromatic carbocycles. The van der Waals surface area contributed by atoms with Gasteiger partial charge < -0.3 is 0 Å². The molecule has 0 aromatic heterocycles. The van der Waals surface area contributed by atoms with E-state index < -0.39 is 0 Å². The van der Waals surface area contributed by atoms with Gasteiger partial charge in [0.2, 0.25) is 0 Å². The lowest BCUT2D eigenvalue weighted by Crippen LogP contribution is -2.56. The fourth-order valence-electron chi connectivity index (χ4n) is 6.74. The van der Waals surface area contributed by atoms with E-state index in [1.807, 2.05) is 0 Å². The minimum Gasteiger partial charge on any atom is -0.299 e. The van der Waals surface area contributed by atoms with Crippen LogP contribution in [0, 0.1) is 34.5 Å². The highest BCUT2D eigenvalue weighted by atomic mass is 16.1. The third-order valence-corrected chi connectivity index (χ3v) is 8.10. The van der Waals surface area contributed by atoms with Crippen molar-refractivity contribution in [1.82, 2.24) is 0 Å². The molecular weight excluding hydrogens is 260 g/mol. The average molecular weight is 288 g/mol. The zero-order chi connectivity index (χ0) is 14.8. The summed E-state index contributed by atoms with van der Waals surface area (Å²) in [6, 6.07) is 0. The molecule has 0 amide bonds. The summed E-state index contributed by atoms with van der Waals surface area (Å²) in [5.41, 5.74) is 0.207. The first-order valence-electron chi connectivity index (χ1n) is 9.03. The van der Waals surface area contributed by atoms with Crippen LogP contribution >= 0.6 is 0 Å². The van der Waals surface area contributed by atoms with Gasteiger partial charge in [0.25, 0.3) is 0 Å². The van der Waals surface area contributed by atoms with Gasteiger partial charge in [-0.2, -0.15) is 0 Å². The minimum atomic E-state index is -0.172. The zero-order valence-corrected chi connectivity index (χ0v) is 13.5. The highest BCUT2D eigenvalue weighted by Gasteiger charge is 2.62. The molecule has 0 aliphatic heterocycles. The molecule has 2 nitrogen and oxygen atoms in total. The maximum Gasteiger partial charge on any atom is 0.139 e. The molecule has 116 valence electrons. The van der Waals surface area contributed by atoms with E-state index in [4.69, 9.17) is 0 Å². The Labute approximate surface area is 128 Å². The second-order valence-electron chi connectivity index (χ2n) is 8.78. The van der Waals surface area contributed by atoms with Crippen molar-refractivity contribution in [3.05, 3.63) is 0 Å². The Balaban J connectivity index is 1.72. The molecule has 2 heteroatoms. The Bertz CT molecular complexity index is 496. The summed E-state index contributed by atoms with van der Waals surface area (Å²) in [4.78, 5) is 25.3. The Kier molecular flexibility index (Phi) is 2.94. The Hall–Kier alpha value is -0.660. The number of hydrogen-bond donors (Lipinski definition) is 0. The summed E-state index contributed by atoms with van der Waals surface area (Å²) in [7, 11) is 0. The number of fused-ring (bicyclic) bond motifs is 5. The van der Waals surface area contributed by atoms with Gasteiger partial charge in [0.1, 0.15) is 11.6 Å². The summed E-state index contributed by atoms with van der Waals surface area (Å²) in [6.45, 7) is 4.63. The van der Waals surface area contributed by atoms with Crippen LogP contribution in [0.25, 0.3) is 0 Å². The molecule has 0 unspecified atom stereocenters. The van der Waals surface area contributed by atoms with Gasteiger partial charge in [0.15, 0.2) is 0 Å². The van der Waals surface area contributed by atoms with Gasteiger partial charge in [-0.25, -0.2) is 0 Å². The normalized spacial score (nSPS) is 53.0. The van der Waals surface area contributed by atoms with Gasteiger partial charge >= 0.3 is 0 Å². The Morgan fingerprint density at radius 1 is 0.952 bits per heavy atom. The van der Waals surface area contributed by atoms with E-state index in [2.05, 4.69) is 13.8 Å². The number of carbonyl (C=O) groups excluding carboxylic acids is 2. The van der Waals surface area contributed by atoms with E-state index in [0.717, 1.165) is 32.1 Å². The van der Waals surface area contributed by atoms with Crippen molar-refractivity contribution < 1.29 is 9.59 Å². The molecule has 6 atom stereocenters. The molecule has 4 saturated carbocycles. The molecule has 4 aliphatic carbocycles. The predicted octanol–water partition coefficient (Wildman–Crippen LogP) is 4.17. The zero-order valence-electron chi connectivity index (χ0n) is 13.5. The second-order valence-corrected chi connectivity index (χ2v) is 8.78. The summed E-state index contributed by atoms with van der Waals surface area (Å²) < 4.78 is 0. The number of hydrogen-bond acceptors (Lipinski definition) is 2. The maximum atomic E-state index is 12.9. The molecule has 0 spiro atoms. The van der Waals surface area contributed by atoms with Crippen LogP contribution in [0.1, 0.15) is 71.6 Å². The van der Waals surface area contributed by atoms with Crippen LogP contribution in [-0.2, 0) is 9.59 Å². The largest absolute Gasteiger partial charge is 0.299 e. The number of rotatable bonds is 0. The molecule has 0 bridgehead atoms. The number of carbonyl (C=O) groups is 2. The van der Waals surface area contributed by atoms with Crippen molar-refractivity contribution in [2.24, 2.45) is 34.5 Å². The molecule has 0 heterocycles. The molecule has 0 radical (unpaired) electrons. The van der Waals surface area contributed by atoms with Crippen LogP contribution in [-0.4, -0.2) is 11.6 Å². The SMILES string of the molecule is C[C@]12CCCC[C@@H]1CC(=O)[C@H]1[C@H]2CC[C@]2(C)C(=O)CC[C@@H]12. The van der Waals surface area contributed by atoms with Gasteiger partial charge in [0, 0.05) is 24.2 Å². The molecule has 0 saturated heterocycles. The van der Waals surface area contributed by atoms with Gasteiger partial charge in [-0.3, -0.25) is 9.59 Å². The number of ketones is 2. The van der Waals surface area contributed by atoms with Crippen molar-refractivity contribution >= 4 is 11.6 Å². The van der Waals surface area contributed by atoms with E-state index in [0.29, 0.717) is 34.7 Å². The minimum absolute atomic E-state index is 0.172. The topological polar surface area (TPSA) is 34.1 Å². The average Bonchev–Trinajstić information content (AvgIpc) is 2.76. The lowest BCUT2D eigenvalue weighted by atomic mass is 9.45.